The van der Waals surface area contributed by atoms with E-state index in [1.54, 1.807) is 11.1 Å². The summed E-state index contributed by atoms with van der Waals surface area (Å²) in [6.07, 6.45) is 3.57. The molecule has 2 atom stereocenters. The van der Waals surface area contributed by atoms with Crippen LogP contribution in [0.15, 0.2) is 40.9 Å². The molecule has 1 fully saturated rings. The van der Waals surface area contributed by atoms with Crippen LogP contribution < -0.4 is 5.32 Å². The second-order valence-electron chi connectivity index (χ2n) is 6.24. The second kappa shape index (κ2) is 7.49. The first-order chi connectivity index (χ1) is 11.7. The summed E-state index contributed by atoms with van der Waals surface area (Å²) < 4.78 is 5.78. The molecule has 0 radical (unpaired) electrons. The highest BCUT2D eigenvalue weighted by molar-refractivity contribution is 5.74. The maximum Gasteiger partial charge on any atom is 0.318 e. The first-order valence-electron chi connectivity index (χ1n) is 8.35. The summed E-state index contributed by atoms with van der Waals surface area (Å²) in [5.74, 6) is 1.34. The summed E-state index contributed by atoms with van der Waals surface area (Å²) in [6, 6.07) is 9.28. The third kappa shape index (κ3) is 3.76. The summed E-state index contributed by atoms with van der Waals surface area (Å²) in [7, 11) is 0. The van der Waals surface area contributed by atoms with E-state index >= 15 is 0 Å². The lowest BCUT2D eigenvalue weighted by atomic mass is 9.99. The van der Waals surface area contributed by atoms with E-state index in [-0.39, 0.29) is 24.6 Å². The van der Waals surface area contributed by atoms with Crippen LogP contribution in [-0.2, 0) is 0 Å². The minimum Gasteiger partial charge on any atom is -0.438 e. The van der Waals surface area contributed by atoms with E-state index in [4.69, 9.17) is 4.42 Å². The molecule has 1 aromatic heterocycles. The van der Waals surface area contributed by atoms with Gasteiger partial charge < -0.3 is 19.7 Å². The Kier molecular flexibility index (Phi) is 5.15. The number of amides is 2. The van der Waals surface area contributed by atoms with Crippen molar-refractivity contribution in [2.24, 2.45) is 5.92 Å². The molecular formula is C18H23N3O3. The second-order valence-corrected chi connectivity index (χ2v) is 6.24. The van der Waals surface area contributed by atoms with Crippen LogP contribution >= 0.6 is 0 Å². The molecule has 0 spiro atoms. The van der Waals surface area contributed by atoms with Gasteiger partial charge in [-0.15, -0.1) is 0 Å². The van der Waals surface area contributed by atoms with E-state index in [1.807, 2.05) is 37.3 Å². The van der Waals surface area contributed by atoms with Gasteiger partial charge in [-0.3, -0.25) is 0 Å². The van der Waals surface area contributed by atoms with Gasteiger partial charge in [-0.1, -0.05) is 30.3 Å². The molecule has 128 valence electrons. The van der Waals surface area contributed by atoms with Gasteiger partial charge in [0.1, 0.15) is 6.04 Å². The molecule has 2 amide bonds. The van der Waals surface area contributed by atoms with E-state index in [1.165, 1.54) is 0 Å². The SMILES string of the molecule is CC(NC(=O)N1CCCC(CO)C1)c1ncc(-c2ccccc2)o1. The molecule has 0 saturated carbocycles. The fourth-order valence-electron chi connectivity index (χ4n) is 2.96. The molecule has 6 heteroatoms. The molecule has 3 rings (SSSR count). The van der Waals surface area contributed by atoms with Crippen molar-refractivity contribution in [3.63, 3.8) is 0 Å². The first-order valence-corrected chi connectivity index (χ1v) is 8.35. The Labute approximate surface area is 141 Å². The van der Waals surface area contributed by atoms with Crippen LogP contribution in [0.3, 0.4) is 0 Å². The van der Waals surface area contributed by atoms with Crippen molar-refractivity contribution in [3.05, 3.63) is 42.4 Å². The fraction of sp³-hybridized carbons (Fsp3) is 0.444. The fourth-order valence-corrected chi connectivity index (χ4v) is 2.96. The van der Waals surface area contributed by atoms with Crippen molar-refractivity contribution < 1.29 is 14.3 Å². The van der Waals surface area contributed by atoms with Gasteiger partial charge in [0.2, 0.25) is 5.89 Å². The topological polar surface area (TPSA) is 78.6 Å². The summed E-state index contributed by atoms with van der Waals surface area (Å²) in [5, 5.41) is 12.2. The smallest absolute Gasteiger partial charge is 0.318 e. The monoisotopic (exact) mass is 329 g/mol. The highest BCUT2D eigenvalue weighted by Gasteiger charge is 2.25. The number of hydrogen-bond donors (Lipinski definition) is 2. The predicted molar refractivity (Wildman–Crippen MR) is 90.3 cm³/mol. The maximum absolute atomic E-state index is 12.4. The molecule has 2 unspecified atom stereocenters. The zero-order valence-electron chi connectivity index (χ0n) is 13.8. The Hall–Kier alpha value is -2.34. The number of piperidine rings is 1. The molecule has 1 aliphatic rings. The Morgan fingerprint density at radius 1 is 1.46 bits per heavy atom. The van der Waals surface area contributed by atoms with Crippen LogP contribution in [0.25, 0.3) is 11.3 Å². The number of rotatable bonds is 4. The predicted octanol–water partition coefficient (Wildman–Crippen LogP) is 2.82. The average Bonchev–Trinajstić information content (AvgIpc) is 3.13. The molecular weight excluding hydrogens is 306 g/mol. The minimum atomic E-state index is -0.315. The Balaban J connectivity index is 1.61. The highest BCUT2D eigenvalue weighted by Crippen LogP contribution is 2.23. The summed E-state index contributed by atoms with van der Waals surface area (Å²) >= 11 is 0. The van der Waals surface area contributed by atoms with Crippen LogP contribution in [0.1, 0.15) is 31.7 Å². The molecule has 1 aromatic carbocycles. The molecule has 24 heavy (non-hydrogen) atoms. The number of aromatic nitrogens is 1. The number of carbonyl (C=O) groups excluding carboxylic acids is 1. The maximum atomic E-state index is 12.4. The molecule has 1 aliphatic heterocycles. The molecule has 0 aliphatic carbocycles. The molecule has 6 nitrogen and oxygen atoms in total. The lowest BCUT2D eigenvalue weighted by Crippen LogP contribution is -2.46. The molecule has 0 bridgehead atoms. The van der Waals surface area contributed by atoms with Crippen LogP contribution in [0, 0.1) is 5.92 Å². The van der Waals surface area contributed by atoms with Gasteiger partial charge >= 0.3 is 6.03 Å². The molecule has 2 N–H and O–H groups in total. The Morgan fingerprint density at radius 2 is 2.25 bits per heavy atom. The van der Waals surface area contributed by atoms with E-state index < -0.39 is 0 Å². The van der Waals surface area contributed by atoms with Crippen molar-refractivity contribution in [2.45, 2.75) is 25.8 Å². The number of nitrogens with one attached hydrogen (secondary N) is 1. The van der Waals surface area contributed by atoms with Crippen LogP contribution in [-0.4, -0.2) is 40.7 Å². The van der Waals surface area contributed by atoms with Crippen molar-refractivity contribution in [2.75, 3.05) is 19.7 Å². The number of aliphatic hydroxyl groups excluding tert-OH is 1. The number of benzene rings is 1. The van der Waals surface area contributed by atoms with Gasteiger partial charge in [-0.05, 0) is 25.7 Å². The van der Waals surface area contributed by atoms with E-state index in [0.29, 0.717) is 18.2 Å². The van der Waals surface area contributed by atoms with E-state index in [9.17, 15) is 9.90 Å². The summed E-state index contributed by atoms with van der Waals surface area (Å²) in [4.78, 5) is 18.4. The number of nitrogens with zero attached hydrogens (tertiary/aromatic N) is 2. The third-order valence-electron chi connectivity index (χ3n) is 4.36. The molecule has 1 saturated heterocycles. The number of urea groups is 1. The highest BCUT2D eigenvalue weighted by atomic mass is 16.4. The average molecular weight is 329 g/mol. The third-order valence-corrected chi connectivity index (χ3v) is 4.36. The quantitative estimate of drug-likeness (QED) is 0.904. The normalized spacial score (nSPS) is 19.1. The zero-order chi connectivity index (χ0) is 16.9. The number of aliphatic hydroxyl groups is 1. The van der Waals surface area contributed by atoms with Crippen molar-refractivity contribution in [1.82, 2.24) is 15.2 Å². The van der Waals surface area contributed by atoms with Gasteiger partial charge in [0.15, 0.2) is 5.76 Å². The zero-order valence-corrected chi connectivity index (χ0v) is 13.8. The number of oxazole rings is 1. The Bertz CT molecular complexity index is 671. The summed E-state index contributed by atoms with van der Waals surface area (Å²) in [6.45, 7) is 3.29. The van der Waals surface area contributed by atoms with Crippen LogP contribution in [0.2, 0.25) is 0 Å². The molecule has 2 aromatic rings. The van der Waals surface area contributed by atoms with E-state index in [2.05, 4.69) is 10.3 Å². The lowest BCUT2D eigenvalue weighted by Gasteiger charge is -2.32. The number of carbonyl (C=O) groups is 1. The summed E-state index contributed by atoms with van der Waals surface area (Å²) in [5.41, 5.74) is 0.955. The van der Waals surface area contributed by atoms with Crippen molar-refractivity contribution in [1.29, 1.82) is 0 Å². The first kappa shape index (κ1) is 16.5. The van der Waals surface area contributed by atoms with Crippen LogP contribution in [0.4, 0.5) is 4.79 Å². The Morgan fingerprint density at radius 3 is 3.00 bits per heavy atom. The minimum absolute atomic E-state index is 0.125. The van der Waals surface area contributed by atoms with Crippen LogP contribution in [0.5, 0.6) is 0 Å². The van der Waals surface area contributed by atoms with Gasteiger partial charge in [-0.25, -0.2) is 9.78 Å². The van der Waals surface area contributed by atoms with Gasteiger partial charge in [0, 0.05) is 25.3 Å². The van der Waals surface area contributed by atoms with Crippen molar-refractivity contribution in [3.8, 4) is 11.3 Å². The number of likely N-dealkylation sites (tertiary alicyclic amines) is 1. The largest absolute Gasteiger partial charge is 0.438 e. The molecule has 2 heterocycles. The van der Waals surface area contributed by atoms with Gasteiger partial charge in [0.05, 0.1) is 6.20 Å². The lowest BCUT2D eigenvalue weighted by molar-refractivity contribution is 0.127. The van der Waals surface area contributed by atoms with E-state index in [0.717, 1.165) is 24.9 Å². The van der Waals surface area contributed by atoms with Gasteiger partial charge in [0.25, 0.3) is 0 Å². The van der Waals surface area contributed by atoms with Crippen molar-refractivity contribution >= 4 is 6.03 Å². The number of hydrogen-bond acceptors (Lipinski definition) is 4. The van der Waals surface area contributed by atoms with Gasteiger partial charge in [-0.2, -0.15) is 0 Å². The standard InChI is InChI=1S/C18H23N3O3/c1-13(20-18(23)21-9-5-6-14(11-21)12-22)17-19-10-16(24-17)15-7-3-2-4-8-15/h2-4,7-8,10,13-14,22H,5-6,9,11-12H2,1H3,(H,20,23).